The summed E-state index contributed by atoms with van der Waals surface area (Å²) in [5.74, 6) is -1.19. The van der Waals surface area contributed by atoms with Crippen molar-refractivity contribution in [3.8, 4) is 11.5 Å². The lowest BCUT2D eigenvalue weighted by Gasteiger charge is -2.07. The first-order chi connectivity index (χ1) is 8.04. The van der Waals surface area contributed by atoms with Crippen LogP contribution < -0.4 is 4.74 Å². The predicted octanol–water partition coefficient (Wildman–Crippen LogP) is 2.30. The second kappa shape index (κ2) is 4.10. The first-order valence-electron chi connectivity index (χ1n) is 4.64. The van der Waals surface area contributed by atoms with Gasteiger partial charge in [-0.1, -0.05) is 11.6 Å². The number of nitrogens with zero attached hydrogens (tertiary/aromatic N) is 1. The zero-order chi connectivity index (χ0) is 12.6. The van der Waals surface area contributed by atoms with Crippen LogP contribution in [0, 0.1) is 0 Å². The maximum absolute atomic E-state index is 10.8. The largest absolute Gasteiger partial charge is 0.505 e. The molecule has 88 valence electrons. The quantitative estimate of drug-likeness (QED) is 0.803. The van der Waals surface area contributed by atoms with E-state index >= 15 is 0 Å². The van der Waals surface area contributed by atoms with Gasteiger partial charge in [0.2, 0.25) is 0 Å². The Labute approximate surface area is 101 Å². The van der Waals surface area contributed by atoms with Crippen LogP contribution in [0.15, 0.2) is 18.2 Å². The average Bonchev–Trinajstić information content (AvgIpc) is 2.32. The van der Waals surface area contributed by atoms with Crippen molar-refractivity contribution in [3.63, 3.8) is 0 Å². The van der Waals surface area contributed by atoms with Crippen LogP contribution in [-0.4, -0.2) is 28.3 Å². The second-order valence-corrected chi connectivity index (χ2v) is 3.67. The highest BCUT2D eigenvalue weighted by Crippen LogP contribution is 2.34. The highest BCUT2D eigenvalue weighted by atomic mass is 35.5. The number of carbonyl (C=O) groups is 1. The molecule has 5 nitrogen and oxygen atoms in total. The number of hydrogen-bond donors (Lipinski definition) is 2. The summed E-state index contributed by atoms with van der Waals surface area (Å²) in [6, 6.07) is 4.71. The fourth-order valence-corrected chi connectivity index (χ4v) is 1.76. The summed E-state index contributed by atoms with van der Waals surface area (Å²) >= 11 is 5.87. The van der Waals surface area contributed by atoms with Crippen molar-refractivity contribution in [2.75, 3.05) is 7.11 Å². The van der Waals surface area contributed by atoms with E-state index in [0.29, 0.717) is 16.5 Å². The van der Waals surface area contributed by atoms with Crippen LogP contribution in [0.2, 0.25) is 5.15 Å². The zero-order valence-electron chi connectivity index (χ0n) is 8.77. The molecule has 0 saturated carbocycles. The molecule has 17 heavy (non-hydrogen) atoms. The van der Waals surface area contributed by atoms with E-state index in [9.17, 15) is 9.90 Å². The number of fused-ring (bicyclic) bond motifs is 1. The molecule has 0 aliphatic rings. The van der Waals surface area contributed by atoms with E-state index in [-0.39, 0.29) is 5.15 Å². The number of ether oxygens (including phenoxy) is 1. The number of methoxy groups -OCH3 is 1. The van der Waals surface area contributed by atoms with Crippen molar-refractivity contribution in [2.45, 2.75) is 0 Å². The third-order valence-electron chi connectivity index (χ3n) is 2.34. The van der Waals surface area contributed by atoms with E-state index in [1.165, 1.54) is 13.2 Å². The summed E-state index contributed by atoms with van der Waals surface area (Å²) in [4.78, 5) is 14.5. The molecule has 0 unspecified atom stereocenters. The van der Waals surface area contributed by atoms with Gasteiger partial charge in [0.25, 0.3) is 0 Å². The highest BCUT2D eigenvalue weighted by molar-refractivity contribution is 6.34. The first kappa shape index (κ1) is 11.5. The van der Waals surface area contributed by atoms with Crippen molar-refractivity contribution in [1.29, 1.82) is 0 Å². The van der Waals surface area contributed by atoms with Gasteiger partial charge in [0.15, 0.2) is 11.4 Å². The van der Waals surface area contributed by atoms with Gasteiger partial charge in [0, 0.05) is 10.8 Å². The van der Waals surface area contributed by atoms with Crippen molar-refractivity contribution in [2.24, 2.45) is 0 Å². The summed E-state index contributed by atoms with van der Waals surface area (Å²) < 4.78 is 5.01. The molecule has 0 spiro atoms. The van der Waals surface area contributed by atoms with Gasteiger partial charge >= 0.3 is 5.97 Å². The number of hydrogen-bond acceptors (Lipinski definition) is 4. The molecule has 1 heterocycles. The molecule has 0 amide bonds. The van der Waals surface area contributed by atoms with Crippen molar-refractivity contribution in [3.05, 3.63) is 29.0 Å². The van der Waals surface area contributed by atoms with Crippen LogP contribution in [0.25, 0.3) is 10.8 Å². The lowest BCUT2D eigenvalue weighted by molar-refractivity contribution is 0.0687. The number of pyridine rings is 1. The summed E-state index contributed by atoms with van der Waals surface area (Å²) in [5, 5.41) is 19.4. The van der Waals surface area contributed by atoms with Gasteiger partial charge in [0.1, 0.15) is 10.9 Å². The molecule has 1 aromatic heterocycles. The number of benzene rings is 1. The van der Waals surface area contributed by atoms with Crippen molar-refractivity contribution < 1.29 is 19.7 Å². The molecule has 0 radical (unpaired) electrons. The standard InChI is InChI=1S/C11H8ClNO4/c1-17-5-2-3-6-7(4-5)10(12)13-8(9(6)14)11(15)16/h2-4,14H,1H3,(H,15,16). The van der Waals surface area contributed by atoms with Crippen molar-refractivity contribution in [1.82, 2.24) is 4.98 Å². The molecular formula is C11H8ClNO4. The number of rotatable bonds is 2. The maximum atomic E-state index is 10.8. The van der Waals surface area contributed by atoms with Gasteiger partial charge in [-0.25, -0.2) is 9.78 Å². The van der Waals surface area contributed by atoms with E-state index in [0.717, 1.165) is 0 Å². The predicted molar refractivity (Wildman–Crippen MR) is 61.9 cm³/mol. The molecular weight excluding hydrogens is 246 g/mol. The van der Waals surface area contributed by atoms with Crippen LogP contribution in [0.3, 0.4) is 0 Å². The van der Waals surface area contributed by atoms with Gasteiger partial charge < -0.3 is 14.9 Å². The molecule has 2 rings (SSSR count). The zero-order valence-corrected chi connectivity index (χ0v) is 9.52. The SMILES string of the molecule is COc1ccc2c(O)c(C(=O)O)nc(Cl)c2c1. The fraction of sp³-hybridized carbons (Fsp3) is 0.0909. The topological polar surface area (TPSA) is 79.7 Å². The van der Waals surface area contributed by atoms with E-state index in [1.807, 2.05) is 0 Å². The van der Waals surface area contributed by atoms with Crippen LogP contribution in [-0.2, 0) is 0 Å². The van der Waals surface area contributed by atoms with Crippen LogP contribution >= 0.6 is 11.6 Å². The minimum atomic E-state index is -1.33. The minimum absolute atomic E-state index is 0.00843. The van der Waals surface area contributed by atoms with Gasteiger partial charge in [-0.3, -0.25) is 0 Å². The molecule has 1 aromatic carbocycles. The Kier molecular flexibility index (Phi) is 2.77. The molecule has 0 fully saturated rings. The van der Waals surface area contributed by atoms with Crippen LogP contribution in [0.5, 0.6) is 11.5 Å². The summed E-state index contributed by atoms with van der Waals surface area (Å²) in [6.45, 7) is 0. The number of carboxylic acid groups (broad SMARTS) is 1. The van der Waals surface area contributed by atoms with Gasteiger partial charge in [0.05, 0.1) is 7.11 Å². The summed E-state index contributed by atoms with van der Waals surface area (Å²) in [7, 11) is 1.49. The van der Waals surface area contributed by atoms with Gasteiger partial charge in [-0.05, 0) is 18.2 Å². The van der Waals surface area contributed by atoms with Gasteiger partial charge in [-0.15, -0.1) is 0 Å². The number of aromatic nitrogens is 1. The monoisotopic (exact) mass is 253 g/mol. The molecule has 6 heteroatoms. The summed E-state index contributed by atoms with van der Waals surface area (Å²) in [6.07, 6.45) is 0. The molecule has 0 saturated heterocycles. The second-order valence-electron chi connectivity index (χ2n) is 3.32. The Hall–Kier alpha value is -2.01. The first-order valence-corrected chi connectivity index (χ1v) is 5.02. The number of carboxylic acids is 1. The van der Waals surface area contributed by atoms with Crippen molar-refractivity contribution >= 4 is 28.3 Å². The lowest BCUT2D eigenvalue weighted by Crippen LogP contribution is -2.01. The van der Waals surface area contributed by atoms with Crippen LogP contribution in [0.4, 0.5) is 0 Å². The number of aromatic carboxylic acids is 1. The van der Waals surface area contributed by atoms with E-state index in [4.69, 9.17) is 21.4 Å². The van der Waals surface area contributed by atoms with E-state index in [1.54, 1.807) is 12.1 Å². The molecule has 2 N–H and O–H groups in total. The Morgan fingerprint density at radius 2 is 2.12 bits per heavy atom. The smallest absolute Gasteiger partial charge is 0.358 e. The van der Waals surface area contributed by atoms with Crippen LogP contribution in [0.1, 0.15) is 10.5 Å². The molecule has 0 aliphatic heterocycles. The molecule has 0 aliphatic carbocycles. The maximum Gasteiger partial charge on any atom is 0.358 e. The Balaban J connectivity index is 2.82. The number of aromatic hydroxyl groups is 1. The fourth-order valence-electron chi connectivity index (χ4n) is 1.52. The normalized spacial score (nSPS) is 10.5. The molecule has 0 bridgehead atoms. The third kappa shape index (κ3) is 1.85. The molecule has 0 atom stereocenters. The Morgan fingerprint density at radius 1 is 1.41 bits per heavy atom. The minimum Gasteiger partial charge on any atom is -0.505 e. The van der Waals surface area contributed by atoms with E-state index in [2.05, 4.69) is 4.98 Å². The van der Waals surface area contributed by atoms with E-state index < -0.39 is 17.4 Å². The lowest BCUT2D eigenvalue weighted by atomic mass is 10.1. The Bertz CT molecular complexity index is 612. The highest BCUT2D eigenvalue weighted by Gasteiger charge is 2.17. The number of halogens is 1. The Morgan fingerprint density at radius 3 is 2.71 bits per heavy atom. The van der Waals surface area contributed by atoms with Gasteiger partial charge in [-0.2, -0.15) is 0 Å². The molecule has 2 aromatic rings. The summed E-state index contributed by atoms with van der Waals surface area (Å²) in [5.41, 5.74) is -0.465. The average molecular weight is 254 g/mol. The third-order valence-corrected chi connectivity index (χ3v) is 2.63.